The lowest BCUT2D eigenvalue weighted by atomic mass is 10.1. The number of rotatable bonds is 4. The molecule has 0 aliphatic carbocycles. The van der Waals surface area contributed by atoms with E-state index in [9.17, 15) is 0 Å². The van der Waals surface area contributed by atoms with E-state index in [1.165, 1.54) is 4.88 Å². The highest BCUT2D eigenvalue weighted by Crippen LogP contribution is 2.32. The van der Waals surface area contributed by atoms with Gasteiger partial charge in [0.15, 0.2) is 5.82 Å². The van der Waals surface area contributed by atoms with E-state index in [2.05, 4.69) is 22.4 Å². The third-order valence-corrected chi connectivity index (χ3v) is 4.49. The molecule has 21 heavy (non-hydrogen) atoms. The number of nitrogens with one attached hydrogen (secondary N) is 1. The van der Waals surface area contributed by atoms with Gasteiger partial charge >= 0.3 is 0 Å². The monoisotopic (exact) mass is 319 g/mol. The van der Waals surface area contributed by atoms with E-state index >= 15 is 0 Å². The molecule has 0 saturated heterocycles. The van der Waals surface area contributed by atoms with Gasteiger partial charge in [0.05, 0.1) is 15.9 Å². The van der Waals surface area contributed by atoms with Crippen molar-refractivity contribution in [1.29, 1.82) is 0 Å². The SMILES string of the molecule is Cc1noc(-c2ccccc2NC(C)c2ccc(Cl)s2)n1. The topological polar surface area (TPSA) is 51.0 Å². The van der Waals surface area contributed by atoms with Crippen LogP contribution in [0.4, 0.5) is 5.69 Å². The van der Waals surface area contributed by atoms with Crippen molar-refractivity contribution >= 4 is 28.6 Å². The first-order valence-corrected chi connectivity index (χ1v) is 7.74. The van der Waals surface area contributed by atoms with Gasteiger partial charge in [0, 0.05) is 10.6 Å². The largest absolute Gasteiger partial charge is 0.377 e. The molecule has 2 heterocycles. The second kappa shape index (κ2) is 5.87. The van der Waals surface area contributed by atoms with Crippen LogP contribution in [0.5, 0.6) is 0 Å². The lowest BCUT2D eigenvalue weighted by Crippen LogP contribution is -2.05. The maximum absolute atomic E-state index is 5.99. The Kier molecular flexibility index (Phi) is 3.94. The number of hydrogen-bond acceptors (Lipinski definition) is 5. The van der Waals surface area contributed by atoms with Crippen molar-refractivity contribution in [2.75, 3.05) is 5.32 Å². The first-order chi connectivity index (χ1) is 10.1. The molecule has 0 aliphatic rings. The Morgan fingerprint density at radius 2 is 2.05 bits per heavy atom. The molecule has 6 heteroatoms. The molecule has 0 radical (unpaired) electrons. The van der Waals surface area contributed by atoms with Gasteiger partial charge in [-0.15, -0.1) is 11.3 Å². The van der Waals surface area contributed by atoms with Gasteiger partial charge in [-0.25, -0.2) is 0 Å². The smallest absolute Gasteiger partial charge is 0.260 e. The number of aryl methyl sites for hydroxylation is 1. The fourth-order valence-electron chi connectivity index (χ4n) is 2.07. The maximum atomic E-state index is 5.99. The van der Waals surface area contributed by atoms with Gasteiger partial charge in [0.25, 0.3) is 5.89 Å². The Bertz CT molecular complexity index is 753. The van der Waals surface area contributed by atoms with Crippen LogP contribution < -0.4 is 5.32 Å². The average Bonchev–Trinajstić information content (AvgIpc) is 3.08. The molecule has 3 aromatic rings. The van der Waals surface area contributed by atoms with E-state index in [-0.39, 0.29) is 6.04 Å². The van der Waals surface area contributed by atoms with Crippen molar-refractivity contribution in [3.05, 3.63) is 51.4 Å². The van der Waals surface area contributed by atoms with Crippen molar-refractivity contribution in [1.82, 2.24) is 10.1 Å². The first kappa shape index (κ1) is 14.1. The number of anilines is 1. The molecule has 1 N–H and O–H groups in total. The predicted octanol–water partition coefficient (Wildman–Crippen LogP) is 4.93. The van der Waals surface area contributed by atoms with E-state index in [1.807, 2.05) is 36.4 Å². The van der Waals surface area contributed by atoms with Crippen LogP contribution in [-0.2, 0) is 0 Å². The lowest BCUT2D eigenvalue weighted by molar-refractivity contribution is 0.425. The summed E-state index contributed by atoms with van der Waals surface area (Å²) < 4.78 is 6.05. The molecule has 0 bridgehead atoms. The van der Waals surface area contributed by atoms with Gasteiger partial charge in [-0.2, -0.15) is 4.98 Å². The van der Waals surface area contributed by atoms with Gasteiger partial charge in [-0.3, -0.25) is 0 Å². The van der Waals surface area contributed by atoms with Gasteiger partial charge in [-0.1, -0.05) is 28.9 Å². The van der Waals surface area contributed by atoms with Crippen LogP contribution in [0.1, 0.15) is 23.7 Å². The summed E-state index contributed by atoms with van der Waals surface area (Å²) in [4.78, 5) is 5.47. The summed E-state index contributed by atoms with van der Waals surface area (Å²) in [6.07, 6.45) is 0. The molecule has 4 nitrogen and oxygen atoms in total. The molecule has 3 rings (SSSR count). The molecular weight excluding hydrogens is 306 g/mol. The zero-order valence-corrected chi connectivity index (χ0v) is 13.2. The molecule has 0 spiro atoms. The Balaban J connectivity index is 1.89. The van der Waals surface area contributed by atoms with Crippen LogP contribution in [0.2, 0.25) is 4.34 Å². The van der Waals surface area contributed by atoms with Gasteiger partial charge < -0.3 is 9.84 Å². The number of halogens is 1. The van der Waals surface area contributed by atoms with Crippen LogP contribution in [0.25, 0.3) is 11.5 Å². The van der Waals surface area contributed by atoms with Crippen molar-refractivity contribution in [3.8, 4) is 11.5 Å². The van der Waals surface area contributed by atoms with Crippen molar-refractivity contribution in [2.45, 2.75) is 19.9 Å². The molecule has 0 aliphatic heterocycles. The third-order valence-electron chi connectivity index (χ3n) is 3.08. The van der Waals surface area contributed by atoms with Crippen molar-refractivity contribution < 1.29 is 4.52 Å². The maximum Gasteiger partial charge on any atom is 0.260 e. The molecular formula is C15H14ClN3OS. The summed E-state index contributed by atoms with van der Waals surface area (Å²) in [6.45, 7) is 3.90. The summed E-state index contributed by atoms with van der Waals surface area (Å²) in [5.41, 5.74) is 1.85. The molecule has 0 amide bonds. The van der Waals surface area contributed by atoms with E-state index in [1.54, 1.807) is 18.3 Å². The number of nitrogens with zero attached hydrogens (tertiary/aromatic N) is 2. The highest BCUT2D eigenvalue weighted by atomic mass is 35.5. The third kappa shape index (κ3) is 3.09. The Morgan fingerprint density at radius 3 is 2.71 bits per heavy atom. The normalized spacial score (nSPS) is 12.3. The molecule has 108 valence electrons. The van der Waals surface area contributed by atoms with E-state index < -0.39 is 0 Å². The molecule has 1 atom stereocenters. The summed E-state index contributed by atoms with van der Waals surface area (Å²) in [7, 11) is 0. The van der Waals surface area contributed by atoms with Crippen LogP contribution in [0.3, 0.4) is 0 Å². The van der Waals surface area contributed by atoms with Gasteiger partial charge in [-0.05, 0) is 38.1 Å². The van der Waals surface area contributed by atoms with Crippen LogP contribution >= 0.6 is 22.9 Å². The number of aromatic nitrogens is 2. The number of hydrogen-bond donors (Lipinski definition) is 1. The summed E-state index contributed by atoms with van der Waals surface area (Å²) in [5.74, 6) is 1.14. The van der Waals surface area contributed by atoms with Crippen molar-refractivity contribution in [2.24, 2.45) is 0 Å². The van der Waals surface area contributed by atoms with E-state index in [4.69, 9.17) is 16.1 Å². The summed E-state index contributed by atoms with van der Waals surface area (Å²) in [5, 5.41) is 7.32. The number of para-hydroxylation sites is 1. The van der Waals surface area contributed by atoms with Crippen LogP contribution in [0, 0.1) is 6.92 Å². The molecule has 1 unspecified atom stereocenters. The van der Waals surface area contributed by atoms with Gasteiger partial charge in [0.2, 0.25) is 0 Å². The van der Waals surface area contributed by atoms with Crippen LogP contribution in [-0.4, -0.2) is 10.1 Å². The Hall–Kier alpha value is -1.85. The minimum absolute atomic E-state index is 0.146. The Labute approximate surface area is 131 Å². The quantitative estimate of drug-likeness (QED) is 0.740. The van der Waals surface area contributed by atoms with Gasteiger partial charge in [0.1, 0.15) is 0 Å². The zero-order valence-electron chi connectivity index (χ0n) is 11.6. The lowest BCUT2D eigenvalue weighted by Gasteiger charge is -2.15. The fraction of sp³-hybridized carbons (Fsp3) is 0.200. The van der Waals surface area contributed by atoms with E-state index in [0.29, 0.717) is 11.7 Å². The fourth-order valence-corrected chi connectivity index (χ4v) is 3.13. The minimum atomic E-state index is 0.146. The standard InChI is InChI=1S/C15H14ClN3OS/c1-9(13-7-8-14(16)21-13)17-12-6-4-3-5-11(12)15-18-10(2)19-20-15/h3-9,17H,1-2H3. The highest BCUT2D eigenvalue weighted by molar-refractivity contribution is 7.16. The number of benzene rings is 1. The second-order valence-electron chi connectivity index (χ2n) is 4.70. The first-order valence-electron chi connectivity index (χ1n) is 6.55. The number of thiophene rings is 1. The molecule has 0 fully saturated rings. The molecule has 0 saturated carbocycles. The van der Waals surface area contributed by atoms with E-state index in [0.717, 1.165) is 15.6 Å². The Morgan fingerprint density at radius 1 is 1.24 bits per heavy atom. The predicted molar refractivity (Wildman–Crippen MR) is 85.8 cm³/mol. The molecule has 1 aromatic carbocycles. The summed E-state index contributed by atoms with van der Waals surface area (Å²) >= 11 is 7.57. The highest BCUT2D eigenvalue weighted by Gasteiger charge is 2.14. The molecule has 2 aromatic heterocycles. The minimum Gasteiger partial charge on any atom is -0.377 e. The average molecular weight is 320 g/mol. The summed E-state index contributed by atoms with van der Waals surface area (Å²) in [6, 6.07) is 12.0. The van der Waals surface area contributed by atoms with Crippen molar-refractivity contribution in [3.63, 3.8) is 0 Å². The van der Waals surface area contributed by atoms with Crippen LogP contribution in [0.15, 0.2) is 40.9 Å². The second-order valence-corrected chi connectivity index (χ2v) is 6.45. The zero-order chi connectivity index (χ0) is 14.8.